The van der Waals surface area contributed by atoms with E-state index in [9.17, 15) is 13.2 Å². The first-order valence-electron chi connectivity index (χ1n) is 10.8. The second kappa shape index (κ2) is 11.3. The first kappa shape index (κ1) is 23.3. The highest BCUT2D eigenvalue weighted by molar-refractivity contribution is 7.89. The van der Waals surface area contributed by atoms with Crippen molar-refractivity contribution in [1.82, 2.24) is 14.9 Å². The van der Waals surface area contributed by atoms with Crippen LogP contribution < -0.4 is 14.8 Å². The Hall–Kier alpha value is -2.36. The van der Waals surface area contributed by atoms with Crippen LogP contribution in [0, 0.1) is 0 Å². The van der Waals surface area contributed by atoms with Crippen molar-refractivity contribution in [1.29, 1.82) is 0 Å². The molecule has 1 aliphatic rings. The third-order valence-electron chi connectivity index (χ3n) is 5.28. The molecule has 0 saturated carbocycles. The third-order valence-corrected chi connectivity index (χ3v) is 6.76. The molecule has 2 N–H and O–H groups in total. The van der Waals surface area contributed by atoms with Gasteiger partial charge in [-0.2, -0.15) is 0 Å². The molecule has 2 aromatic rings. The smallest absolute Gasteiger partial charge is 0.240 e. The van der Waals surface area contributed by atoms with Gasteiger partial charge >= 0.3 is 0 Å². The molecule has 0 bridgehead atoms. The van der Waals surface area contributed by atoms with Gasteiger partial charge in [0.1, 0.15) is 11.5 Å². The Morgan fingerprint density at radius 3 is 2.55 bits per heavy atom. The van der Waals surface area contributed by atoms with Gasteiger partial charge in [0.25, 0.3) is 0 Å². The molecule has 1 fully saturated rings. The Kier molecular flexibility index (Phi) is 8.51. The lowest BCUT2D eigenvalue weighted by Crippen LogP contribution is -2.41. The number of piperidine rings is 1. The van der Waals surface area contributed by atoms with Crippen LogP contribution in [0.4, 0.5) is 0 Å². The maximum absolute atomic E-state index is 12.4. The average Bonchev–Trinajstić information content (AvgIpc) is 3.30. The van der Waals surface area contributed by atoms with Gasteiger partial charge < -0.3 is 14.5 Å². The Balaban J connectivity index is 1.47. The molecule has 8 nitrogen and oxygen atoms in total. The van der Waals surface area contributed by atoms with Crippen molar-refractivity contribution in [2.45, 2.75) is 43.5 Å². The summed E-state index contributed by atoms with van der Waals surface area (Å²) in [6.45, 7) is 4.78. The summed E-state index contributed by atoms with van der Waals surface area (Å²) in [7, 11) is -3.68. The highest BCUT2D eigenvalue weighted by Crippen LogP contribution is 2.24. The van der Waals surface area contributed by atoms with E-state index in [-0.39, 0.29) is 29.8 Å². The number of carbonyl (C=O) groups is 1. The number of benzene rings is 1. The molecule has 2 heterocycles. The molecule has 0 spiro atoms. The Morgan fingerprint density at radius 2 is 1.90 bits per heavy atom. The standard InChI is InChI=1S/C22H31N3O5S/c1-2-29-18-8-10-19(11-9-18)31(27,28)24-13-12-22(26)23-17-20(21-7-6-16-30-21)25-14-4-3-5-15-25/h6-11,16,20,24H,2-5,12-15,17H2,1H3,(H,23,26). The lowest BCUT2D eigenvalue weighted by molar-refractivity contribution is -0.121. The quantitative estimate of drug-likeness (QED) is 0.547. The number of likely N-dealkylation sites (tertiary alicyclic amines) is 1. The van der Waals surface area contributed by atoms with E-state index in [1.54, 1.807) is 18.4 Å². The summed E-state index contributed by atoms with van der Waals surface area (Å²) in [5.41, 5.74) is 0. The van der Waals surface area contributed by atoms with Gasteiger partial charge in [0, 0.05) is 19.5 Å². The molecule has 1 aromatic carbocycles. The number of amides is 1. The van der Waals surface area contributed by atoms with Gasteiger partial charge in [-0.25, -0.2) is 13.1 Å². The molecular weight excluding hydrogens is 418 g/mol. The van der Waals surface area contributed by atoms with Crippen LogP contribution in [-0.2, 0) is 14.8 Å². The highest BCUT2D eigenvalue weighted by Gasteiger charge is 2.25. The molecule has 9 heteroatoms. The predicted molar refractivity (Wildman–Crippen MR) is 117 cm³/mol. The monoisotopic (exact) mass is 449 g/mol. The summed E-state index contributed by atoms with van der Waals surface area (Å²) < 4.78 is 38.2. The number of furan rings is 1. The van der Waals surface area contributed by atoms with E-state index < -0.39 is 10.0 Å². The molecular formula is C22H31N3O5S. The Morgan fingerprint density at radius 1 is 1.16 bits per heavy atom. The van der Waals surface area contributed by atoms with Gasteiger partial charge in [0.05, 0.1) is 23.8 Å². The van der Waals surface area contributed by atoms with Crippen molar-refractivity contribution >= 4 is 15.9 Å². The number of carbonyl (C=O) groups excluding carboxylic acids is 1. The molecule has 1 atom stereocenters. The summed E-state index contributed by atoms with van der Waals surface area (Å²) in [5, 5.41) is 2.92. The average molecular weight is 450 g/mol. The second-order valence-corrected chi connectivity index (χ2v) is 9.25. The lowest BCUT2D eigenvalue weighted by Gasteiger charge is -2.33. The fourth-order valence-electron chi connectivity index (χ4n) is 3.68. The van der Waals surface area contributed by atoms with Crippen LogP contribution in [0.15, 0.2) is 52.0 Å². The SMILES string of the molecule is CCOc1ccc(S(=O)(=O)NCCC(=O)NCC(c2ccco2)N2CCCCC2)cc1. The summed E-state index contributed by atoms with van der Waals surface area (Å²) in [6, 6.07) is 9.96. The van der Waals surface area contributed by atoms with Crippen molar-refractivity contribution in [3.8, 4) is 5.75 Å². The summed E-state index contributed by atoms with van der Waals surface area (Å²) in [4.78, 5) is 14.8. The Bertz CT molecular complexity index is 907. The molecule has 1 aliphatic heterocycles. The van der Waals surface area contributed by atoms with E-state index in [1.807, 2.05) is 19.1 Å². The van der Waals surface area contributed by atoms with Gasteiger partial charge in [-0.15, -0.1) is 0 Å². The van der Waals surface area contributed by atoms with Crippen molar-refractivity contribution in [2.75, 3.05) is 32.8 Å². The van der Waals surface area contributed by atoms with Crippen molar-refractivity contribution in [3.05, 3.63) is 48.4 Å². The zero-order valence-corrected chi connectivity index (χ0v) is 18.7. The maximum Gasteiger partial charge on any atom is 0.240 e. The Labute approximate surface area is 184 Å². The number of hydrogen-bond acceptors (Lipinski definition) is 6. The minimum atomic E-state index is -3.68. The number of hydrogen-bond donors (Lipinski definition) is 2. The minimum absolute atomic E-state index is 0.0141. The van der Waals surface area contributed by atoms with Crippen LogP contribution >= 0.6 is 0 Å². The van der Waals surface area contributed by atoms with Crippen molar-refractivity contribution in [3.63, 3.8) is 0 Å². The molecule has 0 radical (unpaired) electrons. The second-order valence-electron chi connectivity index (χ2n) is 7.48. The molecule has 170 valence electrons. The summed E-state index contributed by atoms with van der Waals surface area (Å²) in [6.07, 6.45) is 5.20. The van der Waals surface area contributed by atoms with Crippen LogP contribution in [0.1, 0.15) is 44.4 Å². The number of nitrogens with zero attached hydrogens (tertiary/aromatic N) is 1. The van der Waals surface area contributed by atoms with Crippen LogP contribution in [0.3, 0.4) is 0 Å². The molecule has 1 unspecified atom stereocenters. The highest BCUT2D eigenvalue weighted by atomic mass is 32.2. The largest absolute Gasteiger partial charge is 0.494 e. The van der Waals surface area contributed by atoms with Crippen LogP contribution in [0.2, 0.25) is 0 Å². The molecule has 3 rings (SSSR count). The van der Waals surface area contributed by atoms with E-state index in [4.69, 9.17) is 9.15 Å². The molecule has 31 heavy (non-hydrogen) atoms. The van der Waals surface area contributed by atoms with E-state index in [0.29, 0.717) is 18.9 Å². The van der Waals surface area contributed by atoms with E-state index >= 15 is 0 Å². The number of nitrogens with one attached hydrogen (secondary N) is 2. The first-order valence-corrected chi connectivity index (χ1v) is 12.2. The number of ether oxygens (including phenoxy) is 1. The molecule has 1 amide bonds. The third kappa shape index (κ3) is 6.81. The van der Waals surface area contributed by atoms with Crippen molar-refractivity contribution in [2.24, 2.45) is 0 Å². The number of rotatable bonds is 11. The fourth-order valence-corrected chi connectivity index (χ4v) is 4.72. The van der Waals surface area contributed by atoms with Crippen LogP contribution in [0.25, 0.3) is 0 Å². The van der Waals surface area contributed by atoms with E-state index in [0.717, 1.165) is 31.7 Å². The first-order chi connectivity index (χ1) is 15.0. The van der Waals surface area contributed by atoms with E-state index in [2.05, 4.69) is 14.9 Å². The van der Waals surface area contributed by atoms with Gasteiger partial charge in [0.2, 0.25) is 15.9 Å². The maximum atomic E-state index is 12.4. The summed E-state index contributed by atoms with van der Waals surface area (Å²) >= 11 is 0. The topological polar surface area (TPSA) is 101 Å². The van der Waals surface area contributed by atoms with Crippen LogP contribution in [0.5, 0.6) is 5.75 Å². The number of sulfonamides is 1. The molecule has 0 aliphatic carbocycles. The van der Waals surface area contributed by atoms with Gasteiger partial charge in [-0.1, -0.05) is 6.42 Å². The fraction of sp³-hybridized carbons (Fsp3) is 0.500. The van der Waals surface area contributed by atoms with Gasteiger partial charge in [-0.3, -0.25) is 9.69 Å². The van der Waals surface area contributed by atoms with Crippen LogP contribution in [-0.4, -0.2) is 52.0 Å². The van der Waals surface area contributed by atoms with Crippen molar-refractivity contribution < 1.29 is 22.4 Å². The minimum Gasteiger partial charge on any atom is -0.494 e. The van der Waals surface area contributed by atoms with Gasteiger partial charge in [-0.05, 0) is 69.3 Å². The molecule has 1 aromatic heterocycles. The zero-order valence-electron chi connectivity index (χ0n) is 17.9. The zero-order chi connectivity index (χ0) is 22.1. The normalized spacial score (nSPS) is 16.0. The molecule has 1 saturated heterocycles. The van der Waals surface area contributed by atoms with Gasteiger partial charge in [0.15, 0.2) is 0 Å². The lowest BCUT2D eigenvalue weighted by atomic mass is 10.1. The van der Waals surface area contributed by atoms with E-state index in [1.165, 1.54) is 18.6 Å². The summed E-state index contributed by atoms with van der Waals surface area (Å²) in [5.74, 6) is 1.24. The predicted octanol–water partition coefficient (Wildman–Crippen LogP) is 2.69.